The van der Waals surface area contributed by atoms with Gasteiger partial charge in [-0.1, -0.05) is 35.4 Å². The second kappa shape index (κ2) is 3.34. The van der Waals surface area contributed by atoms with Crippen LogP contribution in [0.2, 0.25) is 0 Å². The van der Waals surface area contributed by atoms with Crippen molar-refractivity contribution in [1.29, 1.82) is 0 Å². The highest BCUT2D eigenvalue weighted by Gasteiger charge is 2.51. The van der Waals surface area contributed by atoms with Gasteiger partial charge in [0.15, 0.2) is 0 Å². The number of carbonyl (C=O) groups is 1. The van der Waals surface area contributed by atoms with E-state index in [1.165, 1.54) is 29.5 Å². The third-order valence-electron chi connectivity index (χ3n) is 5.22. The quantitative estimate of drug-likeness (QED) is 0.632. The number of aryl methyl sites for hydroxylation is 1. The number of rotatable bonds is 0. The lowest BCUT2D eigenvalue weighted by Gasteiger charge is -2.40. The summed E-state index contributed by atoms with van der Waals surface area (Å²) in [4.78, 5) is 12.2. The van der Waals surface area contributed by atoms with Gasteiger partial charge in [-0.2, -0.15) is 0 Å². The molecule has 3 aliphatic carbocycles. The average molecular weight is 238 g/mol. The Morgan fingerprint density at radius 3 is 2.89 bits per heavy atom. The van der Waals surface area contributed by atoms with Crippen LogP contribution < -0.4 is 0 Å². The topological polar surface area (TPSA) is 17.1 Å². The molecule has 1 spiro atoms. The zero-order chi connectivity index (χ0) is 12.3. The molecule has 0 N–H and O–H groups in total. The summed E-state index contributed by atoms with van der Waals surface area (Å²) in [5, 5.41) is 0. The van der Waals surface area contributed by atoms with Gasteiger partial charge in [0.05, 0.1) is 0 Å². The Labute approximate surface area is 108 Å². The van der Waals surface area contributed by atoms with Crippen LogP contribution in [-0.2, 0) is 16.6 Å². The lowest BCUT2D eigenvalue weighted by Crippen LogP contribution is -2.39. The van der Waals surface area contributed by atoms with Crippen LogP contribution in [0.4, 0.5) is 0 Å². The lowest BCUT2D eigenvalue weighted by molar-refractivity contribution is -0.120. The molecule has 0 amide bonds. The molecule has 2 unspecified atom stereocenters. The Kier molecular flexibility index (Phi) is 1.96. The van der Waals surface area contributed by atoms with Gasteiger partial charge in [-0.25, -0.2) is 0 Å². The van der Waals surface area contributed by atoms with Gasteiger partial charge in [-0.3, -0.25) is 4.79 Å². The number of carbonyl (C=O) groups excluding carboxylic acids is 1. The first-order valence-corrected chi connectivity index (χ1v) is 6.97. The molecule has 0 radical (unpaired) electrons. The number of benzene rings is 1. The summed E-state index contributed by atoms with van der Waals surface area (Å²) in [7, 11) is 0. The molecule has 2 atom stereocenters. The Bertz CT molecular complexity index is 581. The molecule has 92 valence electrons. The van der Waals surface area contributed by atoms with E-state index in [4.69, 9.17) is 0 Å². The summed E-state index contributed by atoms with van der Waals surface area (Å²) in [5.41, 5.74) is 5.84. The minimum Gasteiger partial charge on any atom is -0.299 e. The molecule has 0 aromatic heterocycles. The maximum absolute atomic E-state index is 12.2. The van der Waals surface area contributed by atoms with E-state index in [1.54, 1.807) is 5.57 Å². The van der Waals surface area contributed by atoms with Crippen LogP contribution in [0.5, 0.6) is 0 Å². The third-order valence-corrected chi connectivity index (χ3v) is 5.22. The molecule has 0 aliphatic heterocycles. The SMILES string of the molecule is Cc1ccc2c(c1)CC(=O)CC21CC2=CCC1C2. The zero-order valence-corrected chi connectivity index (χ0v) is 10.8. The van der Waals surface area contributed by atoms with Crippen molar-refractivity contribution < 1.29 is 4.79 Å². The van der Waals surface area contributed by atoms with E-state index in [9.17, 15) is 4.79 Å². The first-order chi connectivity index (χ1) is 8.67. The van der Waals surface area contributed by atoms with Crippen LogP contribution in [-0.4, -0.2) is 5.78 Å². The highest BCUT2D eigenvalue weighted by atomic mass is 16.1. The summed E-state index contributed by atoms with van der Waals surface area (Å²) in [6, 6.07) is 6.75. The summed E-state index contributed by atoms with van der Waals surface area (Å²) in [6.07, 6.45) is 7.41. The standard InChI is InChI=1S/C17H18O/c1-11-2-5-16-13(6-11)8-15(18)10-17(16)9-12-3-4-14(17)7-12/h2-3,5-6,14H,4,7-10H2,1H3. The van der Waals surface area contributed by atoms with Gasteiger partial charge in [-0.15, -0.1) is 0 Å². The second-order valence-electron chi connectivity index (χ2n) is 6.38. The van der Waals surface area contributed by atoms with E-state index in [1.807, 2.05) is 0 Å². The normalized spacial score (nSPS) is 32.8. The highest BCUT2D eigenvalue weighted by Crippen LogP contribution is 2.58. The van der Waals surface area contributed by atoms with E-state index in [-0.39, 0.29) is 5.41 Å². The zero-order valence-electron chi connectivity index (χ0n) is 10.8. The van der Waals surface area contributed by atoms with Gasteiger partial charge in [0.1, 0.15) is 5.78 Å². The van der Waals surface area contributed by atoms with Crippen molar-refractivity contribution >= 4 is 5.78 Å². The number of hydrogen-bond acceptors (Lipinski definition) is 1. The number of Topliss-reactive ketones (excluding diaryl/α,β-unsaturated/α-hetero) is 1. The average Bonchev–Trinajstić information content (AvgIpc) is 2.88. The maximum Gasteiger partial charge on any atom is 0.138 e. The van der Waals surface area contributed by atoms with E-state index < -0.39 is 0 Å². The van der Waals surface area contributed by atoms with Crippen LogP contribution in [0.3, 0.4) is 0 Å². The molecule has 1 nitrogen and oxygen atoms in total. The highest BCUT2D eigenvalue weighted by molar-refractivity contribution is 5.85. The molecule has 2 bridgehead atoms. The Morgan fingerprint density at radius 2 is 2.17 bits per heavy atom. The van der Waals surface area contributed by atoms with Crippen molar-refractivity contribution in [2.75, 3.05) is 0 Å². The van der Waals surface area contributed by atoms with E-state index in [2.05, 4.69) is 31.2 Å². The number of hydrogen-bond donors (Lipinski definition) is 0. The van der Waals surface area contributed by atoms with Crippen LogP contribution >= 0.6 is 0 Å². The van der Waals surface area contributed by atoms with Gasteiger partial charge in [0, 0.05) is 18.3 Å². The number of allylic oxidation sites excluding steroid dienone is 2. The van der Waals surface area contributed by atoms with Crippen LogP contribution in [0.15, 0.2) is 29.8 Å². The van der Waals surface area contributed by atoms with Gasteiger partial charge < -0.3 is 0 Å². The fourth-order valence-electron chi connectivity index (χ4n) is 4.51. The van der Waals surface area contributed by atoms with Crippen LogP contribution in [0, 0.1) is 12.8 Å². The summed E-state index contributed by atoms with van der Waals surface area (Å²) < 4.78 is 0. The van der Waals surface area contributed by atoms with E-state index in [0.717, 1.165) is 12.8 Å². The fourth-order valence-corrected chi connectivity index (χ4v) is 4.51. The van der Waals surface area contributed by atoms with Gasteiger partial charge in [0.2, 0.25) is 0 Å². The Hall–Kier alpha value is -1.37. The predicted molar refractivity (Wildman–Crippen MR) is 71.6 cm³/mol. The Balaban J connectivity index is 1.92. The number of ketones is 1. The van der Waals surface area contributed by atoms with Crippen molar-refractivity contribution in [3.63, 3.8) is 0 Å². The molecule has 0 saturated heterocycles. The molecule has 1 fully saturated rings. The molecule has 0 heterocycles. The van der Waals surface area contributed by atoms with Crippen LogP contribution in [0.1, 0.15) is 42.4 Å². The van der Waals surface area contributed by atoms with E-state index >= 15 is 0 Å². The van der Waals surface area contributed by atoms with Crippen molar-refractivity contribution in [2.24, 2.45) is 5.92 Å². The minimum atomic E-state index is 0.169. The van der Waals surface area contributed by atoms with Crippen molar-refractivity contribution in [3.8, 4) is 0 Å². The molecular weight excluding hydrogens is 220 g/mol. The van der Waals surface area contributed by atoms with Gasteiger partial charge in [-0.05, 0) is 43.2 Å². The molecule has 3 aliphatic rings. The molecule has 1 heteroatoms. The first-order valence-electron chi connectivity index (χ1n) is 6.97. The third kappa shape index (κ3) is 1.25. The summed E-state index contributed by atoms with van der Waals surface area (Å²) in [6.45, 7) is 2.12. The molecule has 1 aromatic rings. The van der Waals surface area contributed by atoms with Gasteiger partial charge in [0.25, 0.3) is 0 Å². The minimum absolute atomic E-state index is 0.169. The largest absolute Gasteiger partial charge is 0.299 e. The van der Waals surface area contributed by atoms with Crippen molar-refractivity contribution in [1.82, 2.24) is 0 Å². The lowest BCUT2D eigenvalue weighted by atomic mass is 9.62. The molecular formula is C17H18O. The Morgan fingerprint density at radius 1 is 1.28 bits per heavy atom. The maximum atomic E-state index is 12.2. The second-order valence-corrected chi connectivity index (χ2v) is 6.38. The number of fused-ring (bicyclic) bond motifs is 5. The predicted octanol–water partition coefficient (Wildman–Crippen LogP) is 3.49. The monoisotopic (exact) mass is 238 g/mol. The molecule has 1 saturated carbocycles. The molecule has 18 heavy (non-hydrogen) atoms. The summed E-state index contributed by atoms with van der Waals surface area (Å²) >= 11 is 0. The van der Waals surface area contributed by atoms with E-state index in [0.29, 0.717) is 18.1 Å². The molecule has 4 rings (SSSR count). The fraction of sp³-hybridized carbons (Fsp3) is 0.471. The summed E-state index contributed by atoms with van der Waals surface area (Å²) in [5.74, 6) is 1.14. The van der Waals surface area contributed by atoms with Gasteiger partial charge >= 0.3 is 0 Å². The smallest absolute Gasteiger partial charge is 0.138 e. The van der Waals surface area contributed by atoms with Crippen LogP contribution in [0.25, 0.3) is 0 Å². The van der Waals surface area contributed by atoms with Crippen molar-refractivity contribution in [2.45, 2.75) is 44.4 Å². The first kappa shape index (κ1) is 10.5. The van der Waals surface area contributed by atoms with Crippen molar-refractivity contribution in [3.05, 3.63) is 46.5 Å². The molecule has 1 aromatic carbocycles.